The lowest BCUT2D eigenvalue weighted by Crippen LogP contribution is -2.41. The van der Waals surface area contributed by atoms with E-state index < -0.39 is 29.8 Å². The van der Waals surface area contributed by atoms with Crippen LogP contribution in [0, 0.1) is 11.7 Å². The molecule has 2 aromatic rings. The highest BCUT2D eigenvalue weighted by Crippen LogP contribution is 2.48. The van der Waals surface area contributed by atoms with Crippen LogP contribution in [0.5, 0.6) is 5.88 Å². The lowest BCUT2D eigenvalue weighted by atomic mass is 9.79. The molecule has 164 valence electrons. The molecular weight excluding hydrogens is 435 g/mol. The van der Waals surface area contributed by atoms with Crippen LogP contribution in [0.1, 0.15) is 23.0 Å². The van der Waals surface area contributed by atoms with E-state index in [1.165, 1.54) is 30.0 Å². The van der Waals surface area contributed by atoms with E-state index in [0.717, 1.165) is 12.4 Å². The number of halogens is 3. The van der Waals surface area contributed by atoms with Gasteiger partial charge in [0.1, 0.15) is 17.1 Å². The van der Waals surface area contributed by atoms with Crippen molar-refractivity contribution in [2.24, 2.45) is 16.6 Å². The molecule has 4 rings (SSSR count). The number of carbonyl (C=O) groups excluding carboxylic acids is 1. The smallest absolute Gasteiger partial charge is 0.388 e. The number of rotatable bonds is 5. The van der Waals surface area contributed by atoms with E-state index >= 15 is 0 Å². The van der Waals surface area contributed by atoms with Crippen LogP contribution in [0.4, 0.5) is 18.9 Å². The normalized spacial score (nSPS) is 25.1. The topological polar surface area (TPSA) is 112 Å². The summed E-state index contributed by atoms with van der Waals surface area (Å²) in [5, 5.41) is 2.95. The highest BCUT2D eigenvalue weighted by atomic mass is 32.2. The minimum Gasteiger partial charge on any atom is -0.415 e. The molecule has 1 amide bonds. The molecule has 1 saturated heterocycles. The first-order chi connectivity index (χ1) is 14.8. The number of aliphatic imine (C=N–C) groups is 1. The van der Waals surface area contributed by atoms with Crippen molar-refractivity contribution >= 4 is 28.5 Å². The zero-order valence-corrected chi connectivity index (χ0v) is 17.0. The maximum Gasteiger partial charge on any atom is 0.388 e. The van der Waals surface area contributed by atoms with Crippen LogP contribution in [0.15, 0.2) is 35.6 Å². The summed E-state index contributed by atoms with van der Waals surface area (Å²) in [4.78, 5) is 24.4. The Balaban J connectivity index is 1.60. The van der Waals surface area contributed by atoms with Gasteiger partial charge in [0.05, 0.1) is 25.1 Å². The summed E-state index contributed by atoms with van der Waals surface area (Å²) in [6.07, 6.45) is 1.78. The Morgan fingerprint density at radius 3 is 2.90 bits per heavy atom. The van der Waals surface area contributed by atoms with Crippen LogP contribution in [-0.2, 0) is 10.3 Å². The van der Waals surface area contributed by atoms with Crippen molar-refractivity contribution in [3.8, 4) is 5.88 Å². The number of benzene rings is 1. The minimum absolute atomic E-state index is 0.0847. The average Bonchev–Trinajstić information content (AvgIpc) is 3.06. The third kappa shape index (κ3) is 4.17. The Morgan fingerprint density at radius 2 is 2.19 bits per heavy atom. The van der Waals surface area contributed by atoms with Crippen molar-refractivity contribution in [3.05, 3.63) is 47.7 Å². The monoisotopic (exact) mass is 453 g/mol. The van der Waals surface area contributed by atoms with Crippen LogP contribution in [0.3, 0.4) is 0 Å². The van der Waals surface area contributed by atoms with Gasteiger partial charge >= 0.3 is 6.61 Å². The Kier molecular flexibility index (Phi) is 5.75. The summed E-state index contributed by atoms with van der Waals surface area (Å²) in [5.74, 6) is -1.01. The standard InChI is InChI=1S/C19H18F3N5O3S/c1-9-12-7-31-18(23)27-19(12,8-29-9)11-4-10(2-3-13(11)20)26-16(28)14-5-25-15(6-24-14)30-17(21)22/h2-6,9,12,17H,7-8H2,1H3,(H2,23,27)(H,26,28)/t9-,12-,19-/m1/s1. The van der Waals surface area contributed by atoms with E-state index in [1.54, 1.807) is 0 Å². The molecule has 0 aliphatic carbocycles. The molecule has 1 aromatic carbocycles. The molecule has 3 atom stereocenters. The van der Waals surface area contributed by atoms with Gasteiger partial charge in [0.2, 0.25) is 5.88 Å². The molecule has 0 bridgehead atoms. The van der Waals surface area contributed by atoms with Gasteiger partial charge in [-0.2, -0.15) is 8.78 Å². The maximum atomic E-state index is 14.9. The number of hydrogen-bond donors (Lipinski definition) is 2. The van der Waals surface area contributed by atoms with Gasteiger partial charge in [-0.1, -0.05) is 11.8 Å². The number of nitrogens with zero attached hydrogens (tertiary/aromatic N) is 3. The van der Waals surface area contributed by atoms with Crippen LogP contribution in [0.25, 0.3) is 0 Å². The van der Waals surface area contributed by atoms with E-state index in [4.69, 9.17) is 10.5 Å². The first-order valence-electron chi connectivity index (χ1n) is 9.26. The number of anilines is 1. The zero-order valence-electron chi connectivity index (χ0n) is 16.2. The van der Waals surface area contributed by atoms with Gasteiger partial charge in [0, 0.05) is 22.9 Å². The van der Waals surface area contributed by atoms with Gasteiger partial charge in [0.15, 0.2) is 5.17 Å². The summed E-state index contributed by atoms with van der Waals surface area (Å²) in [6, 6.07) is 4.13. The fourth-order valence-electron chi connectivity index (χ4n) is 3.72. The lowest BCUT2D eigenvalue weighted by molar-refractivity contribution is -0.0531. The number of amides is 1. The molecule has 31 heavy (non-hydrogen) atoms. The summed E-state index contributed by atoms with van der Waals surface area (Å²) in [5.41, 5.74) is 5.41. The lowest BCUT2D eigenvalue weighted by Gasteiger charge is -2.35. The Labute approximate surface area is 179 Å². The van der Waals surface area contributed by atoms with Gasteiger partial charge in [-0.05, 0) is 25.1 Å². The van der Waals surface area contributed by atoms with Crippen LogP contribution >= 0.6 is 11.8 Å². The molecule has 0 saturated carbocycles. The molecule has 0 radical (unpaired) electrons. The van der Waals surface area contributed by atoms with Crippen molar-refractivity contribution in [2.45, 2.75) is 25.2 Å². The van der Waals surface area contributed by atoms with Gasteiger partial charge in [0.25, 0.3) is 5.91 Å². The second-order valence-electron chi connectivity index (χ2n) is 7.08. The summed E-state index contributed by atoms with van der Waals surface area (Å²) >= 11 is 1.40. The van der Waals surface area contributed by atoms with Crippen molar-refractivity contribution in [1.29, 1.82) is 0 Å². The van der Waals surface area contributed by atoms with E-state index in [-0.39, 0.29) is 29.9 Å². The highest BCUT2D eigenvalue weighted by molar-refractivity contribution is 8.13. The Hall–Kier alpha value is -2.86. The minimum atomic E-state index is -3.05. The van der Waals surface area contributed by atoms with Crippen molar-refractivity contribution in [2.75, 3.05) is 17.7 Å². The Bertz CT molecular complexity index is 1020. The molecule has 3 N–H and O–H groups in total. The predicted molar refractivity (Wildman–Crippen MR) is 108 cm³/mol. The maximum absolute atomic E-state index is 14.9. The summed E-state index contributed by atoms with van der Waals surface area (Å²) < 4.78 is 49.2. The fraction of sp³-hybridized carbons (Fsp3) is 0.368. The fourth-order valence-corrected chi connectivity index (χ4v) is 4.84. The second kappa shape index (κ2) is 8.35. The molecule has 1 fully saturated rings. The van der Waals surface area contributed by atoms with E-state index in [1.807, 2.05) is 6.92 Å². The highest BCUT2D eigenvalue weighted by Gasteiger charge is 2.52. The number of nitrogens with two attached hydrogens (primary N) is 1. The molecule has 3 heterocycles. The predicted octanol–water partition coefficient (Wildman–Crippen LogP) is 2.76. The van der Waals surface area contributed by atoms with Gasteiger partial charge < -0.3 is 20.5 Å². The van der Waals surface area contributed by atoms with Gasteiger partial charge in [-0.15, -0.1) is 0 Å². The van der Waals surface area contributed by atoms with E-state index in [2.05, 4.69) is 25.0 Å². The number of hydrogen-bond acceptors (Lipinski definition) is 8. The SMILES string of the molecule is C[C@H]1OC[C@]2(c3cc(NC(=O)c4cnc(OC(F)F)cn4)ccc3F)N=C(N)SC[C@H]12. The number of alkyl halides is 2. The third-order valence-corrected chi connectivity index (χ3v) is 6.14. The number of thioether (sulfide) groups is 1. The molecule has 1 aromatic heterocycles. The first-order valence-corrected chi connectivity index (χ1v) is 10.2. The molecule has 2 aliphatic rings. The van der Waals surface area contributed by atoms with Gasteiger partial charge in [-0.3, -0.25) is 4.79 Å². The van der Waals surface area contributed by atoms with Crippen molar-refractivity contribution < 1.29 is 27.4 Å². The third-order valence-electron chi connectivity index (χ3n) is 5.23. The first kappa shape index (κ1) is 21.4. The molecule has 12 heteroatoms. The van der Waals surface area contributed by atoms with Crippen LogP contribution < -0.4 is 15.8 Å². The van der Waals surface area contributed by atoms with Crippen LogP contribution in [-0.4, -0.2) is 46.1 Å². The number of aromatic nitrogens is 2. The van der Waals surface area contributed by atoms with Crippen molar-refractivity contribution in [1.82, 2.24) is 9.97 Å². The van der Waals surface area contributed by atoms with E-state index in [0.29, 0.717) is 16.6 Å². The Morgan fingerprint density at radius 1 is 1.39 bits per heavy atom. The second-order valence-corrected chi connectivity index (χ2v) is 8.12. The molecule has 0 unspecified atom stereocenters. The number of nitrogens with one attached hydrogen (secondary N) is 1. The summed E-state index contributed by atoms with van der Waals surface area (Å²) in [7, 11) is 0. The van der Waals surface area contributed by atoms with E-state index in [9.17, 15) is 18.0 Å². The molecule has 2 aliphatic heterocycles. The van der Waals surface area contributed by atoms with Crippen LogP contribution in [0.2, 0.25) is 0 Å². The average molecular weight is 453 g/mol. The molecular formula is C19H18F3N5O3S. The number of amidine groups is 1. The largest absolute Gasteiger partial charge is 0.415 e. The van der Waals surface area contributed by atoms with Gasteiger partial charge in [-0.25, -0.2) is 19.4 Å². The summed E-state index contributed by atoms with van der Waals surface area (Å²) in [6.45, 7) is -0.967. The number of fused-ring (bicyclic) bond motifs is 1. The zero-order chi connectivity index (χ0) is 22.2. The number of ether oxygens (including phenoxy) is 2. The molecule has 0 spiro atoms. The van der Waals surface area contributed by atoms with Crippen molar-refractivity contribution in [3.63, 3.8) is 0 Å². The molecule has 8 nitrogen and oxygen atoms in total. The number of carbonyl (C=O) groups is 1. The quantitative estimate of drug-likeness (QED) is 0.716.